The highest BCUT2D eigenvalue weighted by Crippen LogP contribution is 2.40. The second-order valence-corrected chi connectivity index (χ2v) is 10.8. The minimum absolute atomic E-state index is 0.212. The fraction of sp³-hybridized carbons (Fsp3) is 0.636. The van der Waals surface area contributed by atoms with Crippen molar-refractivity contribution in [3.05, 3.63) is 35.9 Å². The number of nitrogens with one attached hydrogen (secondary N) is 1. The van der Waals surface area contributed by atoms with Crippen LogP contribution >= 0.6 is 21.6 Å². The van der Waals surface area contributed by atoms with Gasteiger partial charge in [-0.2, -0.15) is 0 Å². The van der Waals surface area contributed by atoms with Crippen LogP contribution in [-0.2, 0) is 30.3 Å². The second-order valence-electron chi connectivity index (χ2n) is 7.98. The van der Waals surface area contributed by atoms with Crippen molar-refractivity contribution >= 4 is 33.7 Å². The minimum atomic E-state index is -0.513. The maximum Gasteiger partial charge on any atom is 0.407 e. The molecule has 1 N–H and O–H groups in total. The van der Waals surface area contributed by atoms with E-state index in [9.17, 15) is 9.59 Å². The van der Waals surface area contributed by atoms with Gasteiger partial charge in [0, 0.05) is 24.0 Å². The van der Waals surface area contributed by atoms with E-state index in [0.717, 1.165) is 30.1 Å². The van der Waals surface area contributed by atoms with Gasteiger partial charge < -0.3 is 24.3 Å². The molecule has 9 heteroatoms. The number of benzene rings is 1. The molecule has 0 aliphatic carbocycles. The van der Waals surface area contributed by atoms with Gasteiger partial charge >= 0.3 is 12.1 Å². The molecule has 0 bridgehead atoms. The number of hydrogen-bond acceptors (Lipinski definition) is 8. The van der Waals surface area contributed by atoms with Crippen molar-refractivity contribution in [2.75, 3.05) is 19.0 Å². The zero-order valence-corrected chi connectivity index (χ0v) is 19.0. The Labute approximate surface area is 190 Å². The number of amides is 1. The second kappa shape index (κ2) is 11.4. The number of carbonyl (C=O) groups is 2. The van der Waals surface area contributed by atoms with Crippen LogP contribution in [0.5, 0.6) is 0 Å². The van der Waals surface area contributed by atoms with Crippen molar-refractivity contribution < 1.29 is 28.5 Å². The lowest BCUT2D eigenvalue weighted by atomic mass is 10.1. The number of carbonyl (C=O) groups excluding carboxylic acids is 2. The summed E-state index contributed by atoms with van der Waals surface area (Å²) in [5, 5.41) is 3.47. The van der Waals surface area contributed by atoms with Gasteiger partial charge in [0.2, 0.25) is 0 Å². The number of ether oxygens (including phenoxy) is 4. The molecule has 3 aliphatic heterocycles. The number of rotatable bonds is 9. The minimum Gasteiger partial charge on any atom is -0.457 e. The molecule has 1 aromatic carbocycles. The van der Waals surface area contributed by atoms with Crippen molar-refractivity contribution in [3.63, 3.8) is 0 Å². The molecule has 3 fully saturated rings. The summed E-state index contributed by atoms with van der Waals surface area (Å²) >= 11 is 0. The Kier molecular flexibility index (Phi) is 8.40. The van der Waals surface area contributed by atoms with E-state index in [1.807, 2.05) is 51.9 Å². The Morgan fingerprint density at radius 3 is 2.48 bits per heavy atom. The molecule has 0 spiro atoms. The maximum atomic E-state index is 12.2. The summed E-state index contributed by atoms with van der Waals surface area (Å²) < 4.78 is 22.6. The van der Waals surface area contributed by atoms with Gasteiger partial charge in [0.25, 0.3) is 0 Å². The largest absolute Gasteiger partial charge is 0.457 e. The van der Waals surface area contributed by atoms with Crippen LogP contribution in [0, 0.1) is 0 Å². The molecule has 3 saturated heterocycles. The molecular weight excluding hydrogens is 438 g/mol. The lowest BCUT2D eigenvalue weighted by molar-refractivity contribution is -0.153. The molecule has 0 saturated carbocycles. The normalized spacial score (nSPS) is 29.5. The topological polar surface area (TPSA) is 83.1 Å². The van der Waals surface area contributed by atoms with Gasteiger partial charge in [0.1, 0.15) is 12.2 Å². The van der Waals surface area contributed by atoms with Crippen molar-refractivity contribution in [2.45, 2.75) is 68.3 Å². The Hall–Kier alpha value is -1.42. The first kappa shape index (κ1) is 22.8. The molecule has 1 aromatic rings. The quantitative estimate of drug-likeness (QED) is 0.334. The van der Waals surface area contributed by atoms with Gasteiger partial charge in [-0.25, -0.2) is 4.79 Å². The SMILES string of the molecule is O=C(CCCCC1CCSS1)O[C@@H]1CO[C@H]2[C@@H]1OC[C@@H]2OC(=O)NCc1ccccc1. The molecule has 5 atom stereocenters. The van der Waals surface area contributed by atoms with Crippen LogP contribution in [0.3, 0.4) is 0 Å². The van der Waals surface area contributed by atoms with E-state index >= 15 is 0 Å². The molecule has 0 aromatic heterocycles. The lowest BCUT2D eigenvalue weighted by Crippen LogP contribution is -2.38. The van der Waals surface area contributed by atoms with Crippen LogP contribution < -0.4 is 5.32 Å². The third-order valence-electron chi connectivity index (χ3n) is 5.67. The van der Waals surface area contributed by atoms with E-state index in [1.165, 1.54) is 12.2 Å². The Balaban J connectivity index is 1.14. The first-order valence-electron chi connectivity index (χ1n) is 10.9. The van der Waals surface area contributed by atoms with Crippen molar-refractivity contribution in [1.82, 2.24) is 5.32 Å². The van der Waals surface area contributed by atoms with Crippen LogP contribution in [-0.4, -0.2) is 60.7 Å². The van der Waals surface area contributed by atoms with Crippen LogP contribution in [0.2, 0.25) is 0 Å². The molecule has 1 amide bonds. The fourth-order valence-corrected chi connectivity index (χ4v) is 7.04. The van der Waals surface area contributed by atoms with Gasteiger partial charge in [-0.15, -0.1) is 0 Å². The number of alkyl carbamates (subject to hydrolysis) is 1. The molecule has 31 heavy (non-hydrogen) atoms. The average Bonchev–Trinajstić information content (AvgIpc) is 3.51. The van der Waals surface area contributed by atoms with Gasteiger partial charge in [0.05, 0.1) is 13.2 Å². The van der Waals surface area contributed by atoms with Crippen molar-refractivity contribution in [2.24, 2.45) is 0 Å². The Bertz CT molecular complexity index is 730. The van der Waals surface area contributed by atoms with Gasteiger partial charge in [-0.05, 0) is 24.8 Å². The van der Waals surface area contributed by atoms with E-state index in [2.05, 4.69) is 5.32 Å². The molecule has 3 heterocycles. The van der Waals surface area contributed by atoms with Gasteiger partial charge in [-0.3, -0.25) is 4.79 Å². The fourth-order valence-electron chi connectivity index (χ4n) is 4.01. The molecule has 1 unspecified atom stereocenters. The average molecular weight is 468 g/mol. The van der Waals surface area contributed by atoms with Crippen LogP contribution in [0.1, 0.15) is 37.7 Å². The number of fused-ring (bicyclic) bond motifs is 1. The van der Waals surface area contributed by atoms with E-state index in [1.54, 1.807) is 0 Å². The van der Waals surface area contributed by atoms with E-state index in [4.69, 9.17) is 18.9 Å². The monoisotopic (exact) mass is 467 g/mol. The van der Waals surface area contributed by atoms with E-state index in [-0.39, 0.29) is 25.3 Å². The number of hydrogen-bond donors (Lipinski definition) is 1. The highest BCUT2D eigenvalue weighted by molar-refractivity contribution is 8.77. The molecule has 7 nitrogen and oxygen atoms in total. The summed E-state index contributed by atoms with van der Waals surface area (Å²) in [5.74, 6) is 1.03. The predicted molar refractivity (Wildman–Crippen MR) is 120 cm³/mol. The highest BCUT2D eigenvalue weighted by atomic mass is 33.1. The molecular formula is C22H29NO6S2. The number of esters is 1. The summed E-state index contributed by atoms with van der Waals surface area (Å²) in [7, 11) is 3.91. The zero-order valence-electron chi connectivity index (χ0n) is 17.4. The molecule has 170 valence electrons. The summed E-state index contributed by atoms with van der Waals surface area (Å²) in [6, 6.07) is 9.62. The summed E-state index contributed by atoms with van der Waals surface area (Å²) in [6.45, 7) is 0.891. The standard InChI is InChI=1S/C22H29NO6S2/c24-19(9-5-4-8-16-10-11-30-31-16)28-17-13-26-21-18(14-27-20(17)21)29-22(25)23-12-15-6-2-1-3-7-15/h1-3,6-7,16-18,20-21H,4-5,8-14H2,(H,23,25)/t16?,17-,18+,20-,21-/m1/s1. The van der Waals surface area contributed by atoms with Crippen LogP contribution in [0.15, 0.2) is 30.3 Å². The van der Waals surface area contributed by atoms with Gasteiger partial charge in [-0.1, -0.05) is 58.3 Å². The first-order valence-corrected chi connectivity index (χ1v) is 13.3. The maximum absolute atomic E-state index is 12.2. The first-order chi connectivity index (χ1) is 15.2. The predicted octanol–water partition coefficient (Wildman–Crippen LogP) is 3.70. The van der Waals surface area contributed by atoms with Crippen LogP contribution in [0.25, 0.3) is 0 Å². The summed E-state index contributed by atoms with van der Waals surface area (Å²) in [5.41, 5.74) is 0.991. The summed E-state index contributed by atoms with van der Waals surface area (Å²) in [4.78, 5) is 24.4. The Morgan fingerprint density at radius 2 is 1.77 bits per heavy atom. The Morgan fingerprint density at radius 1 is 1.03 bits per heavy atom. The molecule has 3 aliphatic rings. The number of unbranched alkanes of at least 4 members (excludes halogenated alkanes) is 1. The van der Waals surface area contributed by atoms with E-state index < -0.39 is 24.4 Å². The van der Waals surface area contributed by atoms with E-state index in [0.29, 0.717) is 13.0 Å². The van der Waals surface area contributed by atoms with Crippen molar-refractivity contribution in [1.29, 1.82) is 0 Å². The molecule has 4 rings (SSSR count). The third-order valence-corrected chi connectivity index (χ3v) is 8.67. The highest BCUT2D eigenvalue weighted by Gasteiger charge is 2.51. The smallest absolute Gasteiger partial charge is 0.407 e. The summed E-state index contributed by atoms with van der Waals surface area (Å²) in [6.07, 6.45) is 2.48. The van der Waals surface area contributed by atoms with Crippen LogP contribution in [0.4, 0.5) is 4.79 Å². The van der Waals surface area contributed by atoms with Crippen molar-refractivity contribution in [3.8, 4) is 0 Å². The third kappa shape index (κ3) is 6.54. The lowest BCUT2D eigenvalue weighted by Gasteiger charge is -2.17. The van der Waals surface area contributed by atoms with Gasteiger partial charge in [0.15, 0.2) is 12.2 Å². The zero-order chi connectivity index (χ0) is 21.5. The molecule has 0 radical (unpaired) electrons.